The maximum Gasteiger partial charge on any atom is 0.273 e. The first-order valence-electron chi connectivity index (χ1n) is 6.50. The summed E-state index contributed by atoms with van der Waals surface area (Å²) in [5, 5.41) is 3.12. The Kier molecular flexibility index (Phi) is 6.21. The molecule has 0 aliphatic heterocycles. The van der Waals surface area contributed by atoms with E-state index in [9.17, 15) is 4.79 Å². The number of rotatable bonds is 7. The molecule has 6 nitrogen and oxygen atoms in total. The first-order valence-corrected chi connectivity index (χ1v) is 6.50. The van der Waals surface area contributed by atoms with Gasteiger partial charge in [-0.25, -0.2) is 9.97 Å². The number of carbonyl (C=O) groups is 1. The van der Waals surface area contributed by atoms with Crippen molar-refractivity contribution in [2.45, 2.75) is 13.3 Å². The first-order chi connectivity index (χ1) is 9.04. The Balaban J connectivity index is 2.56. The number of hydrogen-bond acceptors (Lipinski definition) is 5. The smallest absolute Gasteiger partial charge is 0.273 e. The number of nitrogens with zero attached hydrogens (tertiary/aromatic N) is 4. The Morgan fingerprint density at radius 1 is 1.21 bits per heavy atom. The Morgan fingerprint density at radius 3 is 2.47 bits per heavy atom. The summed E-state index contributed by atoms with van der Waals surface area (Å²) in [5.74, 6) is 0.603. The van der Waals surface area contributed by atoms with Crippen molar-refractivity contribution in [3.8, 4) is 0 Å². The van der Waals surface area contributed by atoms with E-state index in [2.05, 4.69) is 22.2 Å². The van der Waals surface area contributed by atoms with E-state index in [4.69, 9.17) is 0 Å². The second-order valence-corrected chi connectivity index (χ2v) is 4.74. The number of anilines is 1. The van der Waals surface area contributed by atoms with Gasteiger partial charge in [0.1, 0.15) is 11.5 Å². The molecule has 0 aliphatic rings. The molecule has 1 N–H and O–H groups in total. The lowest BCUT2D eigenvalue weighted by molar-refractivity contribution is 0.0780. The molecule has 0 spiro atoms. The van der Waals surface area contributed by atoms with Crippen molar-refractivity contribution in [3.05, 3.63) is 18.1 Å². The largest absolute Gasteiger partial charge is 0.369 e. The van der Waals surface area contributed by atoms with E-state index in [1.165, 1.54) is 6.20 Å². The van der Waals surface area contributed by atoms with Gasteiger partial charge in [0.05, 0.1) is 12.4 Å². The summed E-state index contributed by atoms with van der Waals surface area (Å²) in [6.07, 6.45) is 4.14. The highest BCUT2D eigenvalue weighted by Gasteiger charge is 2.13. The summed E-state index contributed by atoms with van der Waals surface area (Å²) in [6.45, 7) is 4.43. The molecule has 0 aromatic carbocycles. The van der Waals surface area contributed by atoms with Crippen LogP contribution >= 0.6 is 0 Å². The van der Waals surface area contributed by atoms with Crippen molar-refractivity contribution in [2.75, 3.05) is 46.1 Å². The summed E-state index contributed by atoms with van der Waals surface area (Å²) < 4.78 is 0. The number of hydrogen-bond donors (Lipinski definition) is 1. The van der Waals surface area contributed by atoms with Crippen LogP contribution in [0, 0.1) is 0 Å². The van der Waals surface area contributed by atoms with E-state index in [-0.39, 0.29) is 5.91 Å². The van der Waals surface area contributed by atoms with Crippen LogP contribution in [0.4, 0.5) is 5.82 Å². The average Bonchev–Trinajstić information content (AvgIpc) is 2.42. The van der Waals surface area contributed by atoms with Crippen LogP contribution < -0.4 is 5.32 Å². The minimum atomic E-state index is -0.101. The molecule has 0 atom stereocenters. The van der Waals surface area contributed by atoms with Crippen LogP contribution in [0.25, 0.3) is 0 Å². The summed E-state index contributed by atoms with van der Waals surface area (Å²) in [7, 11) is 5.73. The molecule has 0 unspecified atom stereocenters. The molecule has 0 fully saturated rings. The van der Waals surface area contributed by atoms with Crippen LogP contribution in [0.3, 0.4) is 0 Å². The molecule has 1 heterocycles. The lowest BCUT2D eigenvalue weighted by Crippen LogP contribution is -2.34. The third-order valence-electron chi connectivity index (χ3n) is 2.66. The summed E-state index contributed by atoms with van der Waals surface area (Å²) >= 11 is 0. The highest BCUT2D eigenvalue weighted by Crippen LogP contribution is 2.03. The SMILES string of the molecule is CCCNc1cnc(C(=O)N(C)CCN(C)C)cn1. The molecule has 0 aliphatic carbocycles. The fraction of sp³-hybridized carbons (Fsp3) is 0.615. The lowest BCUT2D eigenvalue weighted by Gasteiger charge is -2.19. The van der Waals surface area contributed by atoms with Crippen molar-refractivity contribution >= 4 is 11.7 Å². The molecule has 1 aromatic heterocycles. The van der Waals surface area contributed by atoms with Gasteiger partial charge in [0.2, 0.25) is 0 Å². The molecule has 0 saturated carbocycles. The number of aromatic nitrogens is 2. The van der Waals surface area contributed by atoms with Crippen molar-refractivity contribution in [3.63, 3.8) is 0 Å². The normalized spacial score (nSPS) is 10.6. The van der Waals surface area contributed by atoms with Gasteiger partial charge in [0.25, 0.3) is 5.91 Å². The number of carbonyl (C=O) groups excluding carboxylic acids is 1. The second-order valence-electron chi connectivity index (χ2n) is 4.74. The minimum absolute atomic E-state index is 0.101. The third-order valence-corrected chi connectivity index (χ3v) is 2.66. The lowest BCUT2D eigenvalue weighted by atomic mass is 10.3. The third kappa shape index (κ3) is 5.21. The van der Waals surface area contributed by atoms with Gasteiger partial charge in [-0.2, -0.15) is 0 Å². The average molecular weight is 265 g/mol. The van der Waals surface area contributed by atoms with E-state index in [1.807, 2.05) is 19.0 Å². The Labute approximate surface area is 114 Å². The van der Waals surface area contributed by atoms with Crippen LogP contribution in [-0.2, 0) is 0 Å². The molecule has 0 bridgehead atoms. The molecule has 106 valence electrons. The number of nitrogens with one attached hydrogen (secondary N) is 1. The van der Waals surface area contributed by atoms with Crippen LogP contribution in [0.1, 0.15) is 23.8 Å². The molecule has 0 radical (unpaired) electrons. The first kappa shape index (κ1) is 15.4. The van der Waals surface area contributed by atoms with Gasteiger partial charge < -0.3 is 15.1 Å². The minimum Gasteiger partial charge on any atom is -0.369 e. The van der Waals surface area contributed by atoms with E-state index in [0.717, 1.165) is 19.5 Å². The monoisotopic (exact) mass is 265 g/mol. The molecule has 1 amide bonds. The summed E-state index contributed by atoms with van der Waals surface area (Å²) in [4.78, 5) is 24.1. The molecule has 19 heavy (non-hydrogen) atoms. The van der Waals surface area contributed by atoms with Gasteiger partial charge in [-0.3, -0.25) is 4.79 Å². The second kappa shape index (κ2) is 7.68. The summed E-state index contributed by atoms with van der Waals surface area (Å²) in [5.41, 5.74) is 0.378. The zero-order valence-electron chi connectivity index (χ0n) is 12.2. The van der Waals surface area contributed by atoms with Crippen LogP contribution in [0.2, 0.25) is 0 Å². The Morgan fingerprint density at radius 2 is 1.95 bits per heavy atom. The van der Waals surface area contributed by atoms with E-state index in [0.29, 0.717) is 18.1 Å². The molecule has 6 heteroatoms. The highest BCUT2D eigenvalue weighted by molar-refractivity contribution is 5.91. The molecular weight excluding hydrogens is 242 g/mol. The van der Waals surface area contributed by atoms with Crippen LogP contribution in [-0.4, -0.2) is 66.5 Å². The van der Waals surface area contributed by atoms with Crippen LogP contribution in [0.5, 0.6) is 0 Å². The van der Waals surface area contributed by atoms with E-state index < -0.39 is 0 Å². The fourth-order valence-electron chi connectivity index (χ4n) is 1.43. The highest BCUT2D eigenvalue weighted by atomic mass is 16.2. The van der Waals surface area contributed by atoms with E-state index >= 15 is 0 Å². The zero-order chi connectivity index (χ0) is 14.3. The Bertz CT molecular complexity index is 391. The van der Waals surface area contributed by atoms with Crippen molar-refractivity contribution in [2.24, 2.45) is 0 Å². The maximum atomic E-state index is 12.1. The van der Waals surface area contributed by atoms with Gasteiger partial charge in [-0.15, -0.1) is 0 Å². The Hall–Kier alpha value is -1.69. The van der Waals surface area contributed by atoms with E-state index in [1.54, 1.807) is 18.1 Å². The fourth-order valence-corrected chi connectivity index (χ4v) is 1.43. The van der Waals surface area contributed by atoms with Gasteiger partial charge >= 0.3 is 0 Å². The van der Waals surface area contributed by atoms with Gasteiger partial charge in [-0.05, 0) is 20.5 Å². The topological polar surface area (TPSA) is 61.4 Å². The maximum absolute atomic E-state index is 12.1. The predicted molar refractivity (Wildman–Crippen MR) is 76.3 cm³/mol. The predicted octanol–water partition coefficient (Wildman–Crippen LogP) is 0.932. The summed E-state index contributed by atoms with van der Waals surface area (Å²) in [6, 6.07) is 0. The van der Waals surface area contributed by atoms with Gasteiger partial charge in [0.15, 0.2) is 0 Å². The molecular formula is C13H23N5O. The van der Waals surface area contributed by atoms with Crippen molar-refractivity contribution < 1.29 is 4.79 Å². The standard InChI is InChI=1S/C13H23N5O/c1-5-6-14-12-10-15-11(9-16-12)13(19)18(4)8-7-17(2)3/h9-10H,5-8H2,1-4H3,(H,14,16). The quantitative estimate of drug-likeness (QED) is 0.795. The van der Waals surface area contributed by atoms with Crippen molar-refractivity contribution in [1.82, 2.24) is 19.8 Å². The van der Waals surface area contributed by atoms with Gasteiger partial charge in [0, 0.05) is 26.7 Å². The van der Waals surface area contributed by atoms with Crippen molar-refractivity contribution in [1.29, 1.82) is 0 Å². The zero-order valence-corrected chi connectivity index (χ0v) is 12.2. The number of likely N-dealkylation sites (N-methyl/N-ethyl adjacent to an activating group) is 2. The molecule has 1 rings (SSSR count). The van der Waals surface area contributed by atoms with Crippen LogP contribution in [0.15, 0.2) is 12.4 Å². The molecule has 1 aromatic rings. The van der Waals surface area contributed by atoms with Gasteiger partial charge in [-0.1, -0.05) is 6.92 Å². The number of amides is 1. The molecule has 0 saturated heterocycles.